The van der Waals surface area contributed by atoms with Gasteiger partial charge in [0.05, 0.1) is 16.7 Å². The topological polar surface area (TPSA) is 93.6 Å². The Balaban J connectivity index is 1.43. The number of nitrogen functional groups attached to an aromatic ring is 1. The number of nitrogens with zero attached hydrogens (tertiary/aromatic N) is 2. The molecule has 3 N–H and O–H groups in total. The number of piperazine rings is 1. The third-order valence-corrected chi connectivity index (χ3v) is 7.38. The van der Waals surface area contributed by atoms with Gasteiger partial charge in [-0.15, -0.1) is 0 Å². The summed E-state index contributed by atoms with van der Waals surface area (Å²) in [5.74, 6) is -0.294. The van der Waals surface area contributed by atoms with Crippen molar-refractivity contribution in [2.24, 2.45) is 0 Å². The van der Waals surface area contributed by atoms with Crippen molar-refractivity contribution in [3.8, 4) is 16.9 Å². The highest BCUT2D eigenvalue weighted by atomic mass is 35.5. The highest BCUT2D eigenvalue weighted by Gasteiger charge is 2.26. The second-order valence-corrected chi connectivity index (χ2v) is 10.4. The van der Waals surface area contributed by atoms with E-state index in [4.69, 9.17) is 38.1 Å². The minimum absolute atomic E-state index is 0.00239. The summed E-state index contributed by atoms with van der Waals surface area (Å²) in [7, 11) is 0. The van der Waals surface area contributed by atoms with Gasteiger partial charge >= 0.3 is 0 Å². The van der Waals surface area contributed by atoms with Crippen LogP contribution in [0.3, 0.4) is 0 Å². The van der Waals surface area contributed by atoms with Gasteiger partial charge in [-0.1, -0.05) is 35.3 Å². The van der Waals surface area contributed by atoms with Crippen molar-refractivity contribution in [3.05, 3.63) is 75.8 Å². The quantitative estimate of drug-likeness (QED) is 0.273. The lowest BCUT2D eigenvalue weighted by molar-refractivity contribution is 0.0674. The number of halogens is 3. The average Bonchev–Trinajstić information content (AvgIpc) is 3.31. The van der Waals surface area contributed by atoms with E-state index in [1.54, 1.807) is 19.4 Å². The van der Waals surface area contributed by atoms with E-state index in [2.05, 4.69) is 24.1 Å². The number of fused-ring (bicyclic) bond motifs is 1. The zero-order valence-corrected chi connectivity index (χ0v) is 22.6. The number of ether oxygens (including phenoxy) is 1. The first-order chi connectivity index (χ1) is 18.1. The summed E-state index contributed by atoms with van der Waals surface area (Å²) in [6.07, 6.45) is 2.45. The third kappa shape index (κ3) is 4.91. The van der Waals surface area contributed by atoms with Crippen LogP contribution in [0, 0.1) is 5.82 Å². The molecule has 3 heterocycles. The fourth-order valence-corrected chi connectivity index (χ4v) is 5.61. The van der Waals surface area contributed by atoms with Crippen LogP contribution in [0.15, 0.2) is 53.3 Å². The van der Waals surface area contributed by atoms with Crippen molar-refractivity contribution in [1.29, 1.82) is 0 Å². The number of hydrogen-bond donors (Lipinski definition) is 2. The molecule has 1 fully saturated rings. The predicted octanol–water partition coefficient (Wildman–Crippen LogP) is 6.49. The molecule has 1 aliphatic rings. The molecule has 0 aliphatic carbocycles. The normalized spacial score (nSPS) is 18.5. The van der Waals surface area contributed by atoms with Crippen LogP contribution in [0.1, 0.15) is 42.8 Å². The minimum Gasteiger partial charge on any atom is -0.478 e. The molecular formula is C28H27Cl2FN4O3. The summed E-state index contributed by atoms with van der Waals surface area (Å²) < 4.78 is 26.0. The van der Waals surface area contributed by atoms with Crippen molar-refractivity contribution >= 4 is 45.9 Å². The zero-order valence-electron chi connectivity index (χ0n) is 21.1. The van der Waals surface area contributed by atoms with Crippen molar-refractivity contribution < 1.29 is 18.3 Å². The first-order valence-corrected chi connectivity index (χ1v) is 13.0. The number of amides is 1. The number of anilines is 1. The van der Waals surface area contributed by atoms with Crippen LogP contribution in [0.25, 0.3) is 22.1 Å². The van der Waals surface area contributed by atoms with Gasteiger partial charge in [-0.25, -0.2) is 9.37 Å². The van der Waals surface area contributed by atoms with Crippen LogP contribution < -0.4 is 15.8 Å². The number of aromatic nitrogens is 1. The van der Waals surface area contributed by atoms with E-state index in [0.717, 1.165) is 11.1 Å². The van der Waals surface area contributed by atoms with E-state index in [-0.39, 0.29) is 39.6 Å². The molecule has 0 spiro atoms. The molecule has 4 aromatic rings. The fourth-order valence-electron chi connectivity index (χ4n) is 4.94. The number of pyridine rings is 1. The molecule has 0 saturated carbocycles. The van der Waals surface area contributed by atoms with Crippen molar-refractivity contribution in [1.82, 2.24) is 15.2 Å². The Labute approximate surface area is 229 Å². The van der Waals surface area contributed by atoms with Crippen molar-refractivity contribution in [2.45, 2.75) is 39.0 Å². The summed E-state index contributed by atoms with van der Waals surface area (Å²) in [4.78, 5) is 19.2. The van der Waals surface area contributed by atoms with Crippen LogP contribution in [-0.4, -0.2) is 41.0 Å². The number of nitrogens with one attached hydrogen (secondary N) is 1. The van der Waals surface area contributed by atoms with Gasteiger partial charge in [0.15, 0.2) is 11.4 Å². The maximum atomic E-state index is 14.1. The Morgan fingerprint density at radius 1 is 1.18 bits per heavy atom. The number of furan rings is 1. The Morgan fingerprint density at radius 2 is 1.87 bits per heavy atom. The molecule has 5 rings (SSSR count). The van der Waals surface area contributed by atoms with Crippen LogP contribution in [0.5, 0.6) is 5.75 Å². The molecule has 0 radical (unpaired) electrons. The molecule has 3 atom stereocenters. The lowest BCUT2D eigenvalue weighted by Crippen LogP contribution is -2.55. The van der Waals surface area contributed by atoms with Crippen molar-refractivity contribution in [3.63, 3.8) is 0 Å². The molecular weight excluding hydrogens is 530 g/mol. The standard InChI is InChI=1S/C28H27Cl2FN4O3/c1-14-11-35(12-15(2)34-14)28(36)18-6-4-17(5-7-18)20-13-37-25-19(20)10-33-27(32)26(25)38-16(3)23-21(29)8-9-22(31)24(23)30/h4-10,13-16,34H,11-12H2,1-3H3,(H2,32,33)/t14-,15-,16+/m0/s1. The first-order valence-electron chi connectivity index (χ1n) is 12.3. The van der Waals surface area contributed by atoms with Gasteiger partial charge in [0.25, 0.3) is 5.91 Å². The summed E-state index contributed by atoms with van der Waals surface area (Å²) in [6, 6.07) is 10.5. The predicted molar refractivity (Wildman–Crippen MR) is 147 cm³/mol. The lowest BCUT2D eigenvalue weighted by Gasteiger charge is -2.36. The Morgan fingerprint density at radius 3 is 2.55 bits per heavy atom. The van der Waals surface area contributed by atoms with Crippen LogP contribution in [-0.2, 0) is 0 Å². The van der Waals surface area contributed by atoms with Gasteiger partial charge < -0.3 is 25.1 Å². The Kier molecular flexibility index (Phi) is 7.22. The molecule has 0 bridgehead atoms. The van der Waals surface area contributed by atoms with Crippen LogP contribution in [0.2, 0.25) is 10.0 Å². The molecule has 1 amide bonds. The SMILES string of the molecule is C[C@H]1CN(C(=O)c2ccc(-c3coc4c(O[C@H](C)c5c(Cl)ccc(F)c5Cl)c(N)ncc34)cc2)C[C@H](C)N1. The fraction of sp³-hybridized carbons (Fsp3) is 0.286. The number of benzene rings is 2. The molecule has 2 aromatic heterocycles. The van der Waals surface area contributed by atoms with E-state index in [1.807, 2.05) is 29.2 Å². The number of hydrogen-bond acceptors (Lipinski definition) is 6. The zero-order chi connectivity index (χ0) is 27.1. The summed E-state index contributed by atoms with van der Waals surface area (Å²) in [6.45, 7) is 7.16. The number of nitrogens with two attached hydrogens (primary N) is 1. The van der Waals surface area contributed by atoms with E-state index in [9.17, 15) is 9.18 Å². The van der Waals surface area contributed by atoms with Gasteiger partial charge in [-0.3, -0.25) is 4.79 Å². The smallest absolute Gasteiger partial charge is 0.253 e. The second-order valence-electron chi connectivity index (χ2n) is 9.64. The highest BCUT2D eigenvalue weighted by Crippen LogP contribution is 2.41. The van der Waals surface area contributed by atoms with Gasteiger partial charge in [-0.2, -0.15) is 0 Å². The van der Waals surface area contributed by atoms with Crippen LogP contribution >= 0.6 is 23.2 Å². The van der Waals surface area contributed by atoms with Crippen molar-refractivity contribution in [2.75, 3.05) is 18.8 Å². The maximum Gasteiger partial charge on any atom is 0.253 e. The van der Waals surface area contributed by atoms with Gasteiger partial charge in [-0.05, 0) is 50.6 Å². The number of rotatable bonds is 5. The molecule has 198 valence electrons. The average molecular weight is 557 g/mol. The van der Waals surface area contributed by atoms with Gasteiger partial charge in [0, 0.05) is 53.1 Å². The summed E-state index contributed by atoms with van der Waals surface area (Å²) in [5.41, 5.74) is 9.02. The first kappa shape index (κ1) is 26.3. The van der Waals surface area contributed by atoms with Gasteiger partial charge in [0.2, 0.25) is 5.75 Å². The van der Waals surface area contributed by atoms with Gasteiger partial charge in [0.1, 0.15) is 11.9 Å². The second kappa shape index (κ2) is 10.4. The minimum atomic E-state index is -0.741. The van der Waals surface area contributed by atoms with E-state index < -0.39 is 11.9 Å². The Bertz CT molecular complexity index is 1500. The highest BCUT2D eigenvalue weighted by molar-refractivity contribution is 6.36. The summed E-state index contributed by atoms with van der Waals surface area (Å²) >= 11 is 12.4. The largest absolute Gasteiger partial charge is 0.478 e. The summed E-state index contributed by atoms with van der Waals surface area (Å²) in [5, 5.41) is 4.25. The molecule has 38 heavy (non-hydrogen) atoms. The number of carbonyl (C=O) groups is 1. The molecule has 7 nitrogen and oxygen atoms in total. The monoisotopic (exact) mass is 556 g/mol. The molecule has 1 saturated heterocycles. The lowest BCUT2D eigenvalue weighted by atomic mass is 10.0. The molecule has 1 aliphatic heterocycles. The molecule has 0 unspecified atom stereocenters. The van der Waals surface area contributed by atoms with E-state index >= 15 is 0 Å². The third-order valence-electron chi connectivity index (χ3n) is 6.67. The van der Waals surface area contributed by atoms with E-state index in [0.29, 0.717) is 35.2 Å². The van der Waals surface area contributed by atoms with Crippen LogP contribution in [0.4, 0.5) is 10.2 Å². The molecule has 2 aromatic carbocycles. The Hall–Kier alpha value is -3.33. The number of carbonyl (C=O) groups excluding carboxylic acids is 1. The molecule has 10 heteroatoms. The van der Waals surface area contributed by atoms with E-state index in [1.165, 1.54) is 12.1 Å². The maximum absolute atomic E-state index is 14.1.